The lowest BCUT2D eigenvalue weighted by atomic mass is 9.81. The van der Waals surface area contributed by atoms with Crippen molar-refractivity contribution >= 4 is 0 Å². The minimum absolute atomic E-state index is 0.249. The molecule has 4 nitrogen and oxygen atoms in total. The van der Waals surface area contributed by atoms with Crippen molar-refractivity contribution in [1.82, 2.24) is 5.32 Å². The fourth-order valence-electron chi connectivity index (χ4n) is 3.47. The number of aliphatic hydroxyl groups is 1. The molecule has 2 fully saturated rings. The second-order valence-electron chi connectivity index (χ2n) is 6.78. The lowest BCUT2D eigenvalue weighted by Gasteiger charge is -2.28. The summed E-state index contributed by atoms with van der Waals surface area (Å²) in [4.78, 5) is 0. The molecule has 1 aliphatic heterocycles. The van der Waals surface area contributed by atoms with Crippen LogP contribution in [0.5, 0.6) is 0 Å². The zero-order valence-electron chi connectivity index (χ0n) is 13.6. The van der Waals surface area contributed by atoms with E-state index in [0.717, 1.165) is 37.8 Å². The lowest BCUT2D eigenvalue weighted by Crippen LogP contribution is -2.35. The third-order valence-corrected chi connectivity index (χ3v) is 4.99. The predicted octanol–water partition coefficient (Wildman–Crippen LogP) is 2.35. The summed E-state index contributed by atoms with van der Waals surface area (Å²) in [5.74, 6) is 1.76. The second-order valence-corrected chi connectivity index (χ2v) is 6.78. The fraction of sp³-hybridized carbons (Fsp3) is 1.00. The van der Waals surface area contributed by atoms with Gasteiger partial charge in [-0.05, 0) is 44.1 Å². The maximum Gasteiger partial charge on any atom is 0.0897 e. The van der Waals surface area contributed by atoms with E-state index in [9.17, 15) is 5.11 Å². The first-order valence-corrected chi connectivity index (χ1v) is 8.86. The van der Waals surface area contributed by atoms with E-state index < -0.39 is 6.10 Å². The van der Waals surface area contributed by atoms with Crippen molar-refractivity contribution in [2.75, 3.05) is 32.9 Å². The highest BCUT2D eigenvalue weighted by Crippen LogP contribution is 2.29. The summed E-state index contributed by atoms with van der Waals surface area (Å²) in [7, 11) is 0. The standard InChI is InChI=1S/C17H33NO3/c1-2-14-5-7-15(8-6-14)10-18-11-16(19)12-20-13-17-4-3-9-21-17/h14-19H,2-13H2,1H3. The molecule has 1 heterocycles. The molecule has 0 amide bonds. The van der Waals surface area contributed by atoms with Gasteiger partial charge in [0, 0.05) is 13.2 Å². The summed E-state index contributed by atoms with van der Waals surface area (Å²) >= 11 is 0. The van der Waals surface area contributed by atoms with Gasteiger partial charge in [0.25, 0.3) is 0 Å². The maximum atomic E-state index is 9.90. The Kier molecular flexibility index (Phi) is 8.01. The van der Waals surface area contributed by atoms with E-state index in [1.807, 2.05) is 0 Å². The van der Waals surface area contributed by atoms with Gasteiger partial charge in [0.05, 0.1) is 25.4 Å². The summed E-state index contributed by atoms with van der Waals surface area (Å²) in [5, 5.41) is 13.3. The molecule has 2 N–H and O–H groups in total. The average molecular weight is 299 g/mol. The lowest BCUT2D eigenvalue weighted by molar-refractivity contribution is -0.0166. The van der Waals surface area contributed by atoms with Crippen LogP contribution in [0.1, 0.15) is 51.9 Å². The molecule has 21 heavy (non-hydrogen) atoms. The highest BCUT2D eigenvalue weighted by molar-refractivity contribution is 4.74. The Bertz CT molecular complexity index is 261. The summed E-state index contributed by atoms with van der Waals surface area (Å²) < 4.78 is 11.0. The SMILES string of the molecule is CCC1CCC(CNCC(O)COCC2CCCO2)CC1. The number of aliphatic hydroxyl groups excluding tert-OH is 1. The molecule has 2 atom stereocenters. The van der Waals surface area contributed by atoms with E-state index in [0.29, 0.717) is 19.8 Å². The van der Waals surface area contributed by atoms with Crippen LogP contribution in [0.2, 0.25) is 0 Å². The average Bonchev–Trinajstić information content (AvgIpc) is 3.01. The van der Waals surface area contributed by atoms with Crippen LogP contribution in [0.15, 0.2) is 0 Å². The van der Waals surface area contributed by atoms with Crippen LogP contribution in [0.3, 0.4) is 0 Å². The number of ether oxygens (including phenoxy) is 2. The van der Waals surface area contributed by atoms with E-state index in [4.69, 9.17) is 9.47 Å². The molecule has 0 aromatic carbocycles. The molecule has 0 radical (unpaired) electrons. The van der Waals surface area contributed by atoms with Crippen molar-refractivity contribution in [3.8, 4) is 0 Å². The van der Waals surface area contributed by atoms with Gasteiger partial charge in [-0.25, -0.2) is 0 Å². The van der Waals surface area contributed by atoms with Crippen molar-refractivity contribution in [3.05, 3.63) is 0 Å². The van der Waals surface area contributed by atoms with E-state index in [1.54, 1.807) is 0 Å². The van der Waals surface area contributed by atoms with Gasteiger partial charge in [0.2, 0.25) is 0 Å². The molecule has 2 aliphatic rings. The summed E-state index contributed by atoms with van der Waals surface area (Å²) in [5.41, 5.74) is 0. The molecule has 1 saturated heterocycles. The Balaban J connectivity index is 1.44. The van der Waals surface area contributed by atoms with Crippen molar-refractivity contribution in [2.45, 2.75) is 64.1 Å². The van der Waals surface area contributed by atoms with Crippen molar-refractivity contribution < 1.29 is 14.6 Å². The summed E-state index contributed by atoms with van der Waals surface area (Å²) in [6, 6.07) is 0. The van der Waals surface area contributed by atoms with Gasteiger partial charge < -0.3 is 19.9 Å². The summed E-state index contributed by atoms with van der Waals surface area (Å²) in [6.45, 7) is 5.88. The van der Waals surface area contributed by atoms with Crippen LogP contribution in [-0.2, 0) is 9.47 Å². The second kappa shape index (κ2) is 9.78. The monoisotopic (exact) mass is 299 g/mol. The molecule has 0 aromatic rings. The first-order valence-electron chi connectivity index (χ1n) is 8.86. The smallest absolute Gasteiger partial charge is 0.0897 e. The largest absolute Gasteiger partial charge is 0.389 e. The molecule has 2 rings (SSSR count). The number of hydrogen-bond acceptors (Lipinski definition) is 4. The Labute approximate surface area is 129 Å². The zero-order valence-corrected chi connectivity index (χ0v) is 13.6. The minimum atomic E-state index is -0.404. The van der Waals surface area contributed by atoms with Gasteiger partial charge in [-0.2, -0.15) is 0 Å². The van der Waals surface area contributed by atoms with Crippen LogP contribution in [0, 0.1) is 11.8 Å². The zero-order chi connectivity index (χ0) is 14.9. The Morgan fingerprint density at radius 1 is 1.19 bits per heavy atom. The molecule has 124 valence electrons. The molecular formula is C17H33NO3. The van der Waals surface area contributed by atoms with Crippen LogP contribution >= 0.6 is 0 Å². The maximum absolute atomic E-state index is 9.90. The van der Waals surface area contributed by atoms with Crippen LogP contribution < -0.4 is 5.32 Å². The van der Waals surface area contributed by atoms with Crippen LogP contribution in [0.25, 0.3) is 0 Å². The molecule has 0 spiro atoms. The Morgan fingerprint density at radius 2 is 1.95 bits per heavy atom. The highest BCUT2D eigenvalue weighted by atomic mass is 16.5. The van der Waals surface area contributed by atoms with E-state index >= 15 is 0 Å². The Morgan fingerprint density at radius 3 is 2.62 bits per heavy atom. The molecule has 1 saturated carbocycles. The molecule has 2 unspecified atom stereocenters. The topological polar surface area (TPSA) is 50.7 Å². The predicted molar refractivity (Wildman–Crippen MR) is 84.4 cm³/mol. The van der Waals surface area contributed by atoms with Gasteiger partial charge >= 0.3 is 0 Å². The van der Waals surface area contributed by atoms with E-state index in [1.165, 1.54) is 32.1 Å². The fourth-order valence-corrected chi connectivity index (χ4v) is 3.47. The first-order chi connectivity index (χ1) is 10.3. The third-order valence-electron chi connectivity index (χ3n) is 4.99. The molecule has 4 heteroatoms. The Hall–Kier alpha value is -0.160. The normalized spacial score (nSPS) is 31.4. The quantitative estimate of drug-likeness (QED) is 0.686. The van der Waals surface area contributed by atoms with Crippen molar-refractivity contribution in [2.24, 2.45) is 11.8 Å². The minimum Gasteiger partial charge on any atom is -0.389 e. The van der Waals surface area contributed by atoms with Gasteiger partial charge in [-0.1, -0.05) is 26.2 Å². The third kappa shape index (κ3) is 6.64. The van der Waals surface area contributed by atoms with Crippen LogP contribution in [-0.4, -0.2) is 50.2 Å². The van der Waals surface area contributed by atoms with Gasteiger partial charge in [-0.15, -0.1) is 0 Å². The molecule has 0 aromatic heterocycles. The molecule has 1 aliphatic carbocycles. The summed E-state index contributed by atoms with van der Waals surface area (Å²) in [6.07, 6.45) is 8.87. The van der Waals surface area contributed by atoms with Crippen molar-refractivity contribution in [1.29, 1.82) is 0 Å². The van der Waals surface area contributed by atoms with E-state index in [-0.39, 0.29) is 6.10 Å². The van der Waals surface area contributed by atoms with Gasteiger partial charge in [0.1, 0.15) is 0 Å². The molecule has 0 bridgehead atoms. The number of nitrogens with one attached hydrogen (secondary N) is 1. The van der Waals surface area contributed by atoms with Crippen LogP contribution in [0.4, 0.5) is 0 Å². The number of hydrogen-bond donors (Lipinski definition) is 2. The highest BCUT2D eigenvalue weighted by Gasteiger charge is 2.20. The first kappa shape index (κ1) is 17.2. The molecular weight excluding hydrogens is 266 g/mol. The van der Waals surface area contributed by atoms with Crippen molar-refractivity contribution in [3.63, 3.8) is 0 Å². The number of rotatable bonds is 9. The van der Waals surface area contributed by atoms with Gasteiger partial charge in [-0.3, -0.25) is 0 Å². The van der Waals surface area contributed by atoms with E-state index in [2.05, 4.69) is 12.2 Å². The van der Waals surface area contributed by atoms with Gasteiger partial charge in [0.15, 0.2) is 0 Å².